The molecule has 0 radical (unpaired) electrons. The molecule has 0 saturated heterocycles. The van der Waals surface area contributed by atoms with Crippen molar-refractivity contribution in [2.75, 3.05) is 18.6 Å². The second-order valence-electron chi connectivity index (χ2n) is 4.80. The van der Waals surface area contributed by atoms with Crippen LogP contribution in [0.15, 0.2) is 24.3 Å². The molecule has 0 aliphatic heterocycles. The van der Waals surface area contributed by atoms with E-state index < -0.39 is 0 Å². The molecular formula is C15H23NO. The van der Waals surface area contributed by atoms with E-state index in [-0.39, 0.29) is 0 Å². The normalized spacial score (nSPS) is 16.8. The van der Waals surface area contributed by atoms with Crippen molar-refractivity contribution in [3.63, 3.8) is 0 Å². The van der Waals surface area contributed by atoms with Crippen LogP contribution in [0.2, 0.25) is 0 Å². The maximum absolute atomic E-state index is 5.71. The average molecular weight is 233 g/mol. The van der Waals surface area contributed by atoms with Gasteiger partial charge in [-0.3, -0.25) is 0 Å². The van der Waals surface area contributed by atoms with Crippen LogP contribution in [0.1, 0.15) is 39.0 Å². The van der Waals surface area contributed by atoms with E-state index in [1.807, 2.05) is 13.0 Å². The molecular weight excluding hydrogens is 210 g/mol. The zero-order valence-electron chi connectivity index (χ0n) is 11.0. The molecule has 0 amide bonds. The van der Waals surface area contributed by atoms with Gasteiger partial charge >= 0.3 is 0 Å². The first-order valence-electron chi connectivity index (χ1n) is 6.77. The standard InChI is InChI=1S/C15H23NO/c1-3-17-15-12-8-7-11-14(15)16(2)13-9-5-4-6-10-13/h7-8,11-13H,3-6,9-10H2,1-2H3. The van der Waals surface area contributed by atoms with Crippen LogP contribution < -0.4 is 9.64 Å². The van der Waals surface area contributed by atoms with Crippen LogP contribution in [0.25, 0.3) is 0 Å². The molecule has 1 saturated carbocycles. The number of para-hydroxylation sites is 2. The molecule has 1 aromatic carbocycles. The van der Waals surface area contributed by atoms with Gasteiger partial charge in [-0.05, 0) is 31.9 Å². The summed E-state index contributed by atoms with van der Waals surface area (Å²) in [5.74, 6) is 1.02. The van der Waals surface area contributed by atoms with E-state index in [4.69, 9.17) is 4.74 Å². The lowest BCUT2D eigenvalue weighted by Crippen LogP contribution is -2.33. The largest absolute Gasteiger partial charge is 0.492 e. The van der Waals surface area contributed by atoms with Crippen LogP contribution in [0.5, 0.6) is 5.75 Å². The number of rotatable bonds is 4. The highest BCUT2D eigenvalue weighted by atomic mass is 16.5. The van der Waals surface area contributed by atoms with E-state index in [0.717, 1.165) is 12.4 Å². The molecule has 1 aliphatic carbocycles. The van der Waals surface area contributed by atoms with Gasteiger partial charge < -0.3 is 9.64 Å². The minimum absolute atomic E-state index is 0.686. The van der Waals surface area contributed by atoms with Crippen molar-refractivity contribution in [2.45, 2.75) is 45.1 Å². The maximum Gasteiger partial charge on any atom is 0.142 e. The zero-order valence-corrected chi connectivity index (χ0v) is 11.0. The molecule has 2 heteroatoms. The van der Waals surface area contributed by atoms with Crippen molar-refractivity contribution in [3.8, 4) is 5.75 Å². The Hall–Kier alpha value is -1.18. The molecule has 0 heterocycles. The predicted molar refractivity (Wildman–Crippen MR) is 72.9 cm³/mol. The van der Waals surface area contributed by atoms with Crippen molar-refractivity contribution >= 4 is 5.69 Å². The van der Waals surface area contributed by atoms with Crippen LogP contribution in [0, 0.1) is 0 Å². The summed E-state index contributed by atoms with van der Waals surface area (Å²) in [7, 11) is 2.20. The lowest BCUT2D eigenvalue weighted by atomic mass is 9.94. The molecule has 2 nitrogen and oxygen atoms in total. The Morgan fingerprint density at radius 3 is 2.59 bits per heavy atom. The molecule has 17 heavy (non-hydrogen) atoms. The summed E-state index contributed by atoms with van der Waals surface area (Å²) in [6.45, 7) is 2.77. The van der Waals surface area contributed by atoms with E-state index in [1.165, 1.54) is 37.8 Å². The fourth-order valence-electron chi connectivity index (χ4n) is 2.69. The van der Waals surface area contributed by atoms with Gasteiger partial charge in [-0.1, -0.05) is 31.4 Å². The van der Waals surface area contributed by atoms with Crippen LogP contribution in [-0.4, -0.2) is 19.7 Å². The Bertz CT molecular complexity index is 345. The third-order valence-corrected chi connectivity index (χ3v) is 3.67. The summed E-state index contributed by atoms with van der Waals surface area (Å²) in [5.41, 5.74) is 1.24. The molecule has 0 unspecified atom stereocenters. The summed E-state index contributed by atoms with van der Waals surface area (Å²) >= 11 is 0. The van der Waals surface area contributed by atoms with Gasteiger partial charge in [0, 0.05) is 13.1 Å². The average Bonchev–Trinajstić information content (AvgIpc) is 2.40. The molecule has 94 valence electrons. The number of hydrogen-bond acceptors (Lipinski definition) is 2. The van der Waals surface area contributed by atoms with Gasteiger partial charge in [0.2, 0.25) is 0 Å². The van der Waals surface area contributed by atoms with E-state index in [0.29, 0.717) is 6.04 Å². The van der Waals surface area contributed by atoms with Gasteiger partial charge in [0.15, 0.2) is 0 Å². The molecule has 1 aliphatic rings. The molecule has 1 aromatic rings. The first kappa shape index (κ1) is 12.3. The summed E-state index contributed by atoms with van der Waals surface area (Å²) in [5, 5.41) is 0. The zero-order chi connectivity index (χ0) is 12.1. The van der Waals surface area contributed by atoms with Crippen molar-refractivity contribution < 1.29 is 4.74 Å². The fourth-order valence-corrected chi connectivity index (χ4v) is 2.69. The van der Waals surface area contributed by atoms with E-state index in [1.54, 1.807) is 0 Å². The van der Waals surface area contributed by atoms with E-state index >= 15 is 0 Å². The van der Waals surface area contributed by atoms with E-state index in [2.05, 4.69) is 30.1 Å². The lowest BCUT2D eigenvalue weighted by Gasteiger charge is -2.33. The summed E-state index contributed by atoms with van der Waals surface area (Å²) in [4.78, 5) is 2.41. The molecule has 0 N–H and O–H groups in total. The topological polar surface area (TPSA) is 12.5 Å². The molecule has 2 rings (SSSR count). The van der Waals surface area contributed by atoms with Gasteiger partial charge in [0.25, 0.3) is 0 Å². The molecule has 0 atom stereocenters. The summed E-state index contributed by atoms with van der Waals surface area (Å²) in [6.07, 6.45) is 6.77. The van der Waals surface area contributed by atoms with Crippen molar-refractivity contribution in [3.05, 3.63) is 24.3 Å². The Labute approximate surface area is 105 Å². The van der Waals surface area contributed by atoms with E-state index in [9.17, 15) is 0 Å². The highest BCUT2D eigenvalue weighted by Crippen LogP contribution is 2.32. The minimum Gasteiger partial charge on any atom is -0.492 e. The molecule has 0 aromatic heterocycles. The van der Waals surface area contributed by atoms with Gasteiger partial charge in [-0.2, -0.15) is 0 Å². The number of benzene rings is 1. The van der Waals surface area contributed by atoms with Crippen LogP contribution >= 0.6 is 0 Å². The number of anilines is 1. The first-order valence-corrected chi connectivity index (χ1v) is 6.77. The Kier molecular flexibility index (Phi) is 4.29. The van der Waals surface area contributed by atoms with Crippen molar-refractivity contribution in [1.29, 1.82) is 0 Å². The summed E-state index contributed by atoms with van der Waals surface area (Å²) < 4.78 is 5.71. The quantitative estimate of drug-likeness (QED) is 0.783. The smallest absolute Gasteiger partial charge is 0.142 e. The maximum atomic E-state index is 5.71. The van der Waals surface area contributed by atoms with Crippen LogP contribution in [0.3, 0.4) is 0 Å². The third-order valence-electron chi connectivity index (χ3n) is 3.67. The third kappa shape index (κ3) is 2.93. The Morgan fingerprint density at radius 1 is 1.18 bits per heavy atom. The highest BCUT2D eigenvalue weighted by molar-refractivity contribution is 5.58. The minimum atomic E-state index is 0.686. The van der Waals surface area contributed by atoms with Crippen LogP contribution in [-0.2, 0) is 0 Å². The number of hydrogen-bond donors (Lipinski definition) is 0. The molecule has 1 fully saturated rings. The molecule has 0 spiro atoms. The SMILES string of the molecule is CCOc1ccccc1N(C)C1CCCCC1. The Morgan fingerprint density at radius 2 is 1.88 bits per heavy atom. The van der Waals surface area contributed by atoms with Crippen molar-refractivity contribution in [2.24, 2.45) is 0 Å². The number of nitrogens with zero attached hydrogens (tertiary/aromatic N) is 1. The molecule has 0 bridgehead atoms. The summed E-state index contributed by atoms with van der Waals surface area (Å²) in [6, 6.07) is 9.06. The van der Waals surface area contributed by atoms with Gasteiger partial charge in [0.05, 0.1) is 12.3 Å². The second-order valence-corrected chi connectivity index (χ2v) is 4.80. The van der Waals surface area contributed by atoms with Gasteiger partial charge in [0.1, 0.15) is 5.75 Å². The number of ether oxygens (including phenoxy) is 1. The Balaban J connectivity index is 2.14. The lowest BCUT2D eigenvalue weighted by molar-refractivity contribution is 0.338. The predicted octanol–water partition coefficient (Wildman–Crippen LogP) is 3.85. The highest BCUT2D eigenvalue weighted by Gasteiger charge is 2.20. The van der Waals surface area contributed by atoms with Crippen molar-refractivity contribution in [1.82, 2.24) is 0 Å². The first-order chi connectivity index (χ1) is 8.33. The van der Waals surface area contributed by atoms with Gasteiger partial charge in [-0.25, -0.2) is 0 Å². The van der Waals surface area contributed by atoms with Crippen LogP contribution in [0.4, 0.5) is 5.69 Å². The fraction of sp³-hybridized carbons (Fsp3) is 0.600. The second kappa shape index (κ2) is 5.95. The monoisotopic (exact) mass is 233 g/mol. The van der Waals surface area contributed by atoms with Gasteiger partial charge in [-0.15, -0.1) is 0 Å².